The highest BCUT2D eigenvalue weighted by atomic mass is 19.1. The van der Waals surface area contributed by atoms with E-state index in [1.54, 1.807) is 18.2 Å². The third kappa shape index (κ3) is 5.18. The fraction of sp³-hybridized carbons (Fsp3) is 0.474. The summed E-state index contributed by atoms with van der Waals surface area (Å²) in [5.74, 6) is -0.281. The first-order valence-corrected chi connectivity index (χ1v) is 8.69. The van der Waals surface area contributed by atoms with Crippen molar-refractivity contribution >= 4 is 5.97 Å². The molecule has 0 radical (unpaired) electrons. The van der Waals surface area contributed by atoms with Gasteiger partial charge < -0.3 is 4.74 Å². The Bertz CT molecular complexity index is 667. The van der Waals surface area contributed by atoms with Crippen LogP contribution >= 0.6 is 0 Å². The monoisotopic (exact) mass is 332 g/mol. The van der Waals surface area contributed by atoms with Crippen molar-refractivity contribution in [3.05, 3.63) is 41.8 Å². The van der Waals surface area contributed by atoms with Crippen LogP contribution in [0.2, 0.25) is 0 Å². The molecule has 1 heterocycles. The zero-order valence-electron chi connectivity index (χ0n) is 14.4. The van der Waals surface area contributed by atoms with Gasteiger partial charge in [0.15, 0.2) is 0 Å². The normalized spacial score (nSPS) is 10.8. The van der Waals surface area contributed by atoms with Crippen molar-refractivity contribution in [3.63, 3.8) is 0 Å². The second kappa shape index (κ2) is 9.21. The number of aryl methyl sites for hydroxylation is 1. The van der Waals surface area contributed by atoms with Crippen LogP contribution in [0, 0.1) is 5.82 Å². The van der Waals surface area contributed by atoms with Gasteiger partial charge in [0.25, 0.3) is 0 Å². The lowest BCUT2D eigenvalue weighted by atomic mass is 10.1. The average molecular weight is 332 g/mol. The fourth-order valence-corrected chi connectivity index (χ4v) is 2.49. The Labute approximate surface area is 142 Å². The number of aromatic nitrogens is 2. The van der Waals surface area contributed by atoms with Gasteiger partial charge >= 0.3 is 5.97 Å². The molecule has 24 heavy (non-hydrogen) atoms. The first-order chi connectivity index (χ1) is 11.6. The van der Waals surface area contributed by atoms with E-state index in [1.807, 2.05) is 6.92 Å². The molecular formula is C19H25FN2O2. The highest BCUT2D eigenvalue weighted by Gasteiger charge is 2.14. The second-order valence-corrected chi connectivity index (χ2v) is 5.86. The molecule has 0 amide bonds. The summed E-state index contributed by atoms with van der Waals surface area (Å²) >= 11 is 0. The van der Waals surface area contributed by atoms with Crippen LogP contribution in [0.15, 0.2) is 30.3 Å². The SMILES string of the molecule is CCCCCCCC(=O)Oc1cc(CC)nn1-c1cccc(F)c1. The Kier molecular flexibility index (Phi) is 6.97. The highest BCUT2D eigenvalue weighted by Crippen LogP contribution is 2.21. The molecular weight excluding hydrogens is 307 g/mol. The number of rotatable bonds is 9. The maximum absolute atomic E-state index is 13.5. The third-order valence-electron chi connectivity index (χ3n) is 3.85. The van der Waals surface area contributed by atoms with Crippen LogP contribution in [-0.4, -0.2) is 15.7 Å². The predicted molar refractivity (Wildman–Crippen MR) is 91.9 cm³/mol. The molecule has 5 heteroatoms. The van der Waals surface area contributed by atoms with E-state index in [1.165, 1.54) is 29.7 Å². The molecule has 0 saturated carbocycles. The molecule has 0 fully saturated rings. The van der Waals surface area contributed by atoms with Crippen LogP contribution in [0.25, 0.3) is 5.69 Å². The van der Waals surface area contributed by atoms with Gasteiger partial charge in [-0.25, -0.2) is 9.07 Å². The van der Waals surface area contributed by atoms with E-state index in [2.05, 4.69) is 12.0 Å². The minimum Gasteiger partial charge on any atom is -0.407 e. The summed E-state index contributed by atoms with van der Waals surface area (Å²) in [5, 5.41) is 4.39. The number of hydrogen-bond acceptors (Lipinski definition) is 3. The zero-order valence-corrected chi connectivity index (χ0v) is 14.4. The van der Waals surface area contributed by atoms with Crippen LogP contribution in [0.5, 0.6) is 5.88 Å². The van der Waals surface area contributed by atoms with Gasteiger partial charge in [0.1, 0.15) is 5.82 Å². The molecule has 130 valence electrons. The molecule has 0 spiro atoms. The largest absolute Gasteiger partial charge is 0.407 e. The summed E-state index contributed by atoms with van der Waals surface area (Å²) in [6, 6.07) is 7.82. The Morgan fingerprint density at radius 1 is 1.17 bits per heavy atom. The van der Waals surface area contributed by atoms with Crippen molar-refractivity contribution < 1.29 is 13.9 Å². The highest BCUT2D eigenvalue weighted by molar-refractivity contribution is 5.72. The molecule has 0 atom stereocenters. The third-order valence-corrected chi connectivity index (χ3v) is 3.85. The van der Waals surface area contributed by atoms with E-state index in [0.717, 1.165) is 25.0 Å². The lowest BCUT2D eigenvalue weighted by molar-refractivity contribution is -0.134. The fourth-order valence-electron chi connectivity index (χ4n) is 2.49. The number of esters is 1. The van der Waals surface area contributed by atoms with Crippen molar-refractivity contribution in [1.82, 2.24) is 9.78 Å². The van der Waals surface area contributed by atoms with Crippen molar-refractivity contribution in [2.45, 2.75) is 58.8 Å². The van der Waals surface area contributed by atoms with Gasteiger partial charge in [-0.2, -0.15) is 5.10 Å². The van der Waals surface area contributed by atoms with Gasteiger partial charge in [0.2, 0.25) is 5.88 Å². The number of halogens is 1. The Hall–Kier alpha value is -2.17. The number of hydrogen-bond donors (Lipinski definition) is 0. The molecule has 4 nitrogen and oxygen atoms in total. The van der Waals surface area contributed by atoms with E-state index >= 15 is 0 Å². The second-order valence-electron chi connectivity index (χ2n) is 5.86. The molecule has 0 aliphatic heterocycles. The average Bonchev–Trinajstić information content (AvgIpc) is 2.97. The molecule has 1 aromatic heterocycles. The molecule has 0 aliphatic carbocycles. The number of carbonyl (C=O) groups is 1. The van der Waals surface area contributed by atoms with E-state index in [0.29, 0.717) is 24.4 Å². The van der Waals surface area contributed by atoms with Gasteiger partial charge in [-0.3, -0.25) is 4.79 Å². The van der Waals surface area contributed by atoms with Crippen LogP contribution in [0.3, 0.4) is 0 Å². The quantitative estimate of drug-likeness (QED) is 0.487. The summed E-state index contributed by atoms with van der Waals surface area (Å²) < 4.78 is 20.4. The first-order valence-electron chi connectivity index (χ1n) is 8.69. The maximum atomic E-state index is 13.5. The Morgan fingerprint density at radius 2 is 1.96 bits per heavy atom. The van der Waals surface area contributed by atoms with Crippen LogP contribution in [0.1, 0.15) is 58.1 Å². The standard InChI is InChI=1S/C19H25FN2O2/c1-3-5-6-7-8-12-19(23)24-18-14-16(4-2)21-22(18)17-11-9-10-15(20)13-17/h9-11,13-14H,3-8,12H2,1-2H3. The van der Waals surface area contributed by atoms with Crippen molar-refractivity contribution in [3.8, 4) is 11.6 Å². The van der Waals surface area contributed by atoms with Crippen LogP contribution in [-0.2, 0) is 11.2 Å². The van der Waals surface area contributed by atoms with Gasteiger partial charge in [-0.05, 0) is 31.0 Å². The number of carbonyl (C=O) groups excluding carboxylic acids is 1. The Balaban J connectivity index is 2.04. The summed E-state index contributed by atoms with van der Waals surface area (Å²) in [5.41, 5.74) is 1.34. The lowest BCUT2D eigenvalue weighted by Crippen LogP contribution is -2.11. The predicted octanol–water partition coefficient (Wildman–Crippen LogP) is 4.84. The van der Waals surface area contributed by atoms with Gasteiger partial charge in [-0.1, -0.05) is 45.6 Å². The number of unbranched alkanes of at least 4 members (excludes halogenated alkanes) is 4. The number of benzene rings is 1. The summed E-state index contributed by atoms with van der Waals surface area (Å²) in [6.45, 7) is 4.13. The van der Waals surface area contributed by atoms with Gasteiger partial charge in [0, 0.05) is 12.5 Å². The minimum atomic E-state index is -0.353. The van der Waals surface area contributed by atoms with E-state index in [4.69, 9.17) is 4.74 Å². The van der Waals surface area contributed by atoms with Gasteiger partial charge in [0.05, 0.1) is 11.4 Å². The molecule has 0 aliphatic rings. The lowest BCUT2D eigenvalue weighted by Gasteiger charge is -2.08. The molecule has 0 saturated heterocycles. The van der Waals surface area contributed by atoms with E-state index in [9.17, 15) is 9.18 Å². The zero-order chi connectivity index (χ0) is 17.4. The Morgan fingerprint density at radius 3 is 2.67 bits per heavy atom. The molecule has 2 rings (SSSR count). The van der Waals surface area contributed by atoms with Gasteiger partial charge in [-0.15, -0.1) is 0 Å². The molecule has 0 bridgehead atoms. The first kappa shape index (κ1) is 18.2. The number of ether oxygens (including phenoxy) is 1. The topological polar surface area (TPSA) is 44.1 Å². The molecule has 0 unspecified atom stereocenters. The molecule has 2 aromatic rings. The molecule has 0 N–H and O–H groups in total. The summed E-state index contributed by atoms with van der Waals surface area (Å²) in [6.07, 6.45) is 6.48. The summed E-state index contributed by atoms with van der Waals surface area (Å²) in [4.78, 5) is 12.1. The summed E-state index contributed by atoms with van der Waals surface area (Å²) in [7, 11) is 0. The maximum Gasteiger partial charge on any atom is 0.312 e. The van der Waals surface area contributed by atoms with Crippen LogP contribution < -0.4 is 4.74 Å². The number of nitrogens with zero attached hydrogens (tertiary/aromatic N) is 2. The van der Waals surface area contributed by atoms with E-state index < -0.39 is 0 Å². The van der Waals surface area contributed by atoms with Crippen LogP contribution in [0.4, 0.5) is 4.39 Å². The smallest absolute Gasteiger partial charge is 0.312 e. The van der Waals surface area contributed by atoms with Crippen molar-refractivity contribution in [1.29, 1.82) is 0 Å². The molecule has 1 aromatic carbocycles. The van der Waals surface area contributed by atoms with E-state index in [-0.39, 0.29) is 11.8 Å². The minimum absolute atomic E-state index is 0.272. The van der Waals surface area contributed by atoms with Crippen molar-refractivity contribution in [2.24, 2.45) is 0 Å². The van der Waals surface area contributed by atoms with Crippen molar-refractivity contribution in [2.75, 3.05) is 0 Å².